The number of furan rings is 1. The number of aromatic nitrogens is 2. The van der Waals surface area contributed by atoms with Crippen LogP contribution in [0.25, 0.3) is 6.08 Å². The minimum absolute atomic E-state index is 0.0161. The molecule has 0 fully saturated rings. The van der Waals surface area contributed by atoms with E-state index in [1.165, 1.54) is 16.8 Å². The smallest absolute Gasteiger partial charge is 0.283 e. The Hall–Kier alpha value is -3.72. The SMILES string of the molecule is Cc1cc(/C=C2\C(=N)N3N=C(c4ccncc4)SC3=NC2=O)c(C)n1Cc1ccco1. The van der Waals surface area contributed by atoms with Gasteiger partial charge in [-0.3, -0.25) is 15.2 Å². The second kappa shape index (κ2) is 7.51. The van der Waals surface area contributed by atoms with Crippen LogP contribution in [-0.2, 0) is 11.3 Å². The van der Waals surface area contributed by atoms with Crippen LogP contribution in [0.2, 0.25) is 0 Å². The Labute approximate surface area is 182 Å². The Kier molecular flexibility index (Phi) is 4.67. The van der Waals surface area contributed by atoms with E-state index in [0.29, 0.717) is 16.8 Å². The number of hydrogen-bond donors (Lipinski definition) is 1. The van der Waals surface area contributed by atoms with Crippen molar-refractivity contribution >= 4 is 39.8 Å². The van der Waals surface area contributed by atoms with Crippen LogP contribution in [0.3, 0.4) is 0 Å². The average molecular weight is 430 g/mol. The standard InChI is InChI=1S/C22H18N6O2S/c1-13-10-16(14(2)27(13)12-17-4-3-9-30-17)11-18-19(23)28-22(25-20(18)29)31-21(26-28)15-5-7-24-8-6-15/h3-11,23H,12H2,1-2H3/b18-11+,23-19?. The molecule has 0 bridgehead atoms. The maximum Gasteiger partial charge on any atom is 0.283 e. The molecule has 0 aliphatic carbocycles. The predicted octanol–water partition coefficient (Wildman–Crippen LogP) is 3.81. The van der Waals surface area contributed by atoms with Crippen LogP contribution in [0, 0.1) is 19.3 Å². The first kappa shape index (κ1) is 19.3. The lowest BCUT2D eigenvalue weighted by Crippen LogP contribution is -2.35. The minimum Gasteiger partial charge on any atom is -0.467 e. The number of pyridine rings is 1. The van der Waals surface area contributed by atoms with Crippen molar-refractivity contribution < 1.29 is 9.21 Å². The van der Waals surface area contributed by atoms with Gasteiger partial charge in [-0.15, -0.1) is 0 Å². The van der Waals surface area contributed by atoms with E-state index in [1.54, 1.807) is 24.7 Å². The molecule has 9 heteroatoms. The van der Waals surface area contributed by atoms with Crippen LogP contribution >= 0.6 is 11.8 Å². The van der Waals surface area contributed by atoms with Gasteiger partial charge in [-0.2, -0.15) is 15.1 Å². The second-order valence-electron chi connectivity index (χ2n) is 7.15. The number of aliphatic imine (C=N–C) groups is 1. The summed E-state index contributed by atoms with van der Waals surface area (Å²) in [5.41, 5.74) is 3.95. The molecule has 1 N–H and O–H groups in total. The van der Waals surface area contributed by atoms with E-state index in [9.17, 15) is 4.79 Å². The molecule has 5 heterocycles. The van der Waals surface area contributed by atoms with Gasteiger partial charge in [0.15, 0.2) is 5.84 Å². The van der Waals surface area contributed by atoms with Gasteiger partial charge in [-0.25, -0.2) is 0 Å². The number of aryl methyl sites for hydroxylation is 1. The van der Waals surface area contributed by atoms with E-state index >= 15 is 0 Å². The van der Waals surface area contributed by atoms with Crippen LogP contribution in [0.1, 0.15) is 28.3 Å². The van der Waals surface area contributed by atoms with E-state index in [2.05, 4.69) is 19.6 Å². The molecule has 8 nitrogen and oxygen atoms in total. The van der Waals surface area contributed by atoms with Crippen molar-refractivity contribution in [2.24, 2.45) is 10.1 Å². The Morgan fingerprint density at radius 2 is 2.03 bits per heavy atom. The number of hydrazone groups is 1. The van der Waals surface area contributed by atoms with Gasteiger partial charge >= 0.3 is 0 Å². The van der Waals surface area contributed by atoms with E-state index in [4.69, 9.17) is 9.83 Å². The number of hydrogen-bond acceptors (Lipinski definition) is 6. The molecule has 2 aliphatic heterocycles. The zero-order valence-electron chi connectivity index (χ0n) is 16.9. The lowest BCUT2D eigenvalue weighted by Gasteiger charge is -2.20. The van der Waals surface area contributed by atoms with Gasteiger partial charge in [0.05, 0.1) is 18.4 Å². The van der Waals surface area contributed by atoms with Crippen molar-refractivity contribution in [2.75, 3.05) is 0 Å². The zero-order valence-corrected chi connectivity index (χ0v) is 17.7. The number of nitrogens with one attached hydrogen (secondary N) is 1. The largest absolute Gasteiger partial charge is 0.467 e. The fourth-order valence-corrected chi connectivity index (χ4v) is 4.43. The van der Waals surface area contributed by atoms with Gasteiger partial charge in [-0.1, -0.05) is 0 Å². The van der Waals surface area contributed by atoms with Crippen molar-refractivity contribution in [3.63, 3.8) is 0 Å². The van der Waals surface area contributed by atoms with Crippen molar-refractivity contribution in [3.8, 4) is 0 Å². The Balaban J connectivity index is 1.47. The number of fused-ring (bicyclic) bond motifs is 1. The highest BCUT2D eigenvalue weighted by Gasteiger charge is 2.36. The number of thioether (sulfide) groups is 1. The molecule has 5 rings (SSSR count). The fraction of sp³-hybridized carbons (Fsp3) is 0.136. The fourth-order valence-electron chi connectivity index (χ4n) is 3.53. The first-order valence-electron chi connectivity index (χ1n) is 9.61. The number of carbonyl (C=O) groups excluding carboxylic acids is 1. The van der Waals surface area contributed by atoms with Crippen LogP contribution < -0.4 is 0 Å². The molecule has 1 amide bonds. The molecule has 0 radical (unpaired) electrons. The maximum absolute atomic E-state index is 12.7. The zero-order chi connectivity index (χ0) is 21.5. The Bertz CT molecular complexity index is 1290. The molecule has 0 unspecified atom stereocenters. The molecule has 0 saturated heterocycles. The molecule has 154 valence electrons. The number of amidine groups is 2. The van der Waals surface area contributed by atoms with Gasteiger partial charge in [0.2, 0.25) is 5.17 Å². The first-order valence-corrected chi connectivity index (χ1v) is 10.4. The lowest BCUT2D eigenvalue weighted by molar-refractivity contribution is -0.114. The van der Waals surface area contributed by atoms with E-state index in [0.717, 1.165) is 28.3 Å². The van der Waals surface area contributed by atoms with Gasteiger partial charge in [0.1, 0.15) is 10.8 Å². The van der Waals surface area contributed by atoms with Gasteiger partial charge < -0.3 is 8.98 Å². The highest BCUT2D eigenvalue weighted by atomic mass is 32.2. The predicted molar refractivity (Wildman–Crippen MR) is 120 cm³/mol. The normalized spacial score (nSPS) is 17.2. The summed E-state index contributed by atoms with van der Waals surface area (Å²) in [6, 6.07) is 9.45. The third-order valence-corrected chi connectivity index (χ3v) is 6.15. The van der Waals surface area contributed by atoms with Crippen LogP contribution in [0.15, 0.2) is 69.1 Å². The summed E-state index contributed by atoms with van der Waals surface area (Å²) in [5, 5.41) is 15.6. The summed E-state index contributed by atoms with van der Waals surface area (Å²) < 4.78 is 7.58. The topological polar surface area (TPSA) is 99.8 Å². The van der Waals surface area contributed by atoms with E-state index in [1.807, 2.05) is 44.2 Å². The molecular weight excluding hydrogens is 412 g/mol. The van der Waals surface area contributed by atoms with E-state index < -0.39 is 5.91 Å². The molecule has 31 heavy (non-hydrogen) atoms. The molecule has 3 aromatic rings. The third-order valence-electron chi connectivity index (χ3n) is 5.19. The summed E-state index contributed by atoms with van der Waals surface area (Å²) in [5.74, 6) is 0.428. The Morgan fingerprint density at radius 1 is 1.23 bits per heavy atom. The maximum atomic E-state index is 12.7. The number of rotatable bonds is 4. The van der Waals surface area contributed by atoms with Crippen molar-refractivity contribution in [3.05, 3.63) is 82.8 Å². The quantitative estimate of drug-likeness (QED) is 0.635. The molecule has 0 saturated carbocycles. The number of amides is 1. The number of nitrogens with zero attached hydrogens (tertiary/aromatic N) is 5. The van der Waals surface area contributed by atoms with Crippen LogP contribution in [-0.4, -0.2) is 36.5 Å². The molecule has 0 atom stereocenters. The van der Waals surface area contributed by atoms with Crippen LogP contribution in [0.5, 0.6) is 0 Å². The summed E-state index contributed by atoms with van der Waals surface area (Å²) in [4.78, 5) is 20.9. The first-order chi connectivity index (χ1) is 15.0. The summed E-state index contributed by atoms with van der Waals surface area (Å²) >= 11 is 1.27. The summed E-state index contributed by atoms with van der Waals surface area (Å²) in [7, 11) is 0. The van der Waals surface area contributed by atoms with Gasteiger partial charge in [0.25, 0.3) is 5.91 Å². The summed E-state index contributed by atoms with van der Waals surface area (Å²) in [6.07, 6.45) is 6.73. The molecule has 2 aliphatic rings. The summed E-state index contributed by atoms with van der Waals surface area (Å²) in [6.45, 7) is 4.59. The minimum atomic E-state index is -0.439. The van der Waals surface area contributed by atoms with E-state index in [-0.39, 0.29) is 11.4 Å². The van der Waals surface area contributed by atoms with Gasteiger partial charge in [0, 0.05) is 29.3 Å². The van der Waals surface area contributed by atoms with Crippen molar-refractivity contribution in [1.82, 2.24) is 14.6 Å². The molecular formula is C22H18N6O2S. The number of carbonyl (C=O) groups is 1. The average Bonchev–Trinajstić information content (AvgIpc) is 3.49. The molecule has 0 spiro atoms. The monoisotopic (exact) mass is 430 g/mol. The van der Waals surface area contributed by atoms with Crippen LogP contribution in [0.4, 0.5) is 0 Å². The molecule has 0 aromatic carbocycles. The second-order valence-corrected chi connectivity index (χ2v) is 8.11. The Morgan fingerprint density at radius 3 is 2.77 bits per heavy atom. The third kappa shape index (κ3) is 3.42. The lowest BCUT2D eigenvalue weighted by atomic mass is 10.1. The molecule has 3 aromatic heterocycles. The highest BCUT2D eigenvalue weighted by Crippen LogP contribution is 2.31. The van der Waals surface area contributed by atoms with Crippen molar-refractivity contribution in [2.45, 2.75) is 20.4 Å². The highest BCUT2D eigenvalue weighted by molar-refractivity contribution is 8.27. The van der Waals surface area contributed by atoms with Gasteiger partial charge in [-0.05, 0) is 67.6 Å². The van der Waals surface area contributed by atoms with Crippen molar-refractivity contribution in [1.29, 1.82) is 5.41 Å².